The van der Waals surface area contributed by atoms with Gasteiger partial charge >= 0.3 is 0 Å². The van der Waals surface area contributed by atoms with Crippen LogP contribution in [0.5, 0.6) is 5.75 Å². The Bertz CT molecular complexity index is 1130. The molecule has 3 amide bonds. The summed E-state index contributed by atoms with van der Waals surface area (Å²) in [4.78, 5) is 41.6. The lowest BCUT2D eigenvalue weighted by atomic mass is 9.76. The summed E-state index contributed by atoms with van der Waals surface area (Å²) in [6, 6.07) is 11.4. The Hall–Kier alpha value is -2.94. The highest BCUT2D eigenvalue weighted by molar-refractivity contribution is 6.35. The molecule has 5 rings (SSSR count). The van der Waals surface area contributed by atoms with Crippen LogP contribution in [0.25, 0.3) is 0 Å². The fraction of sp³-hybridized carbons (Fsp3) is 0.348. The van der Waals surface area contributed by atoms with E-state index in [1.807, 2.05) is 0 Å². The molecule has 1 spiro atoms. The lowest BCUT2D eigenvalue weighted by Gasteiger charge is -2.30. The Morgan fingerprint density at radius 1 is 1.16 bits per heavy atom. The number of para-hydroxylation sites is 1. The van der Waals surface area contributed by atoms with Crippen molar-refractivity contribution in [2.75, 3.05) is 12.4 Å². The average molecular weight is 456 g/mol. The van der Waals surface area contributed by atoms with Crippen LogP contribution < -0.4 is 15.4 Å². The van der Waals surface area contributed by atoms with Crippen LogP contribution in [-0.4, -0.2) is 47.0 Å². The third-order valence-electron chi connectivity index (χ3n) is 6.74. The largest absolute Gasteiger partial charge is 0.497 e. The average Bonchev–Trinajstić information content (AvgIpc) is 3.36. The predicted octanol–water partition coefficient (Wildman–Crippen LogP) is 1.65. The van der Waals surface area contributed by atoms with E-state index in [0.717, 1.165) is 5.56 Å². The van der Waals surface area contributed by atoms with Crippen LogP contribution in [0.1, 0.15) is 18.1 Å². The van der Waals surface area contributed by atoms with E-state index in [1.54, 1.807) is 56.5 Å². The third-order valence-corrected chi connectivity index (χ3v) is 7.06. The van der Waals surface area contributed by atoms with E-state index in [4.69, 9.17) is 16.3 Å². The van der Waals surface area contributed by atoms with Crippen LogP contribution in [0.4, 0.5) is 5.69 Å². The number of rotatable bonds is 4. The van der Waals surface area contributed by atoms with Gasteiger partial charge in [0, 0.05) is 11.6 Å². The number of ether oxygens (including phenoxy) is 1. The molecule has 2 aromatic carbocycles. The summed E-state index contributed by atoms with van der Waals surface area (Å²) in [5.74, 6) is -2.52. The number of methoxy groups -OCH3 is 1. The van der Waals surface area contributed by atoms with Gasteiger partial charge in [0.15, 0.2) is 0 Å². The molecule has 0 aromatic heterocycles. The lowest BCUT2D eigenvalue weighted by molar-refractivity contribution is -0.143. The molecular weight excluding hydrogens is 434 g/mol. The number of aliphatic hydroxyl groups excluding tert-OH is 1. The summed E-state index contributed by atoms with van der Waals surface area (Å²) < 4.78 is 5.16. The van der Waals surface area contributed by atoms with E-state index in [9.17, 15) is 19.5 Å². The summed E-state index contributed by atoms with van der Waals surface area (Å²) in [6.45, 7) is 1.62. The van der Waals surface area contributed by atoms with Gasteiger partial charge in [-0.15, -0.1) is 0 Å². The number of carbonyl (C=O) groups excluding carboxylic acids is 3. The molecule has 9 heteroatoms. The Morgan fingerprint density at radius 2 is 1.88 bits per heavy atom. The molecule has 2 saturated heterocycles. The van der Waals surface area contributed by atoms with Crippen molar-refractivity contribution < 1.29 is 24.2 Å². The van der Waals surface area contributed by atoms with Crippen molar-refractivity contribution in [3.05, 3.63) is 58.6 Å². The number of nitrogens with one attached hydrogen (secondary N) is 2. The normalized spacial score (nSPS) is 29.3. The van der Waals surface area contributed by atoms with Crippen molar-refractivity contribution in [1.82, 2.24) is 10.2 Å². The van der Waals surface area contributed by atoms with Crippen LogP contribution in [0.3, 0.4) is 0 Å². The standard InChI is InChI=1S/C23H22ClN3O5/c1-11(28)18-16-17(23(26-18)14-4-3-5-15(24)19(14)25-22(23)31)21(30)27(20(16)29)10-12-6-8-13(32-2)9-7-12/h3-9,11,16-18,26,28H,10H2,1-2H3,(H,25,31)/t11-,16+,17-,18+,23-/m0/s1. The number of fused-ring (bicyclic) bond motifs is 4. The number of aliphatic hydroxyl groups is 1. The van der Waals surface area contributed by atoms with Crippen LogP contribution in [0.15, 0.2) is 42.5 Å². The predicted molar refractivity (Wildman–Crippen MR) is 116 cm³/mol. The minimum Gasteiger partial charge on any atom is -0.497 e. The lowest BCUT2D eigenvalue weighted by Crippen LogP contribution is -2.54. The Labute approximate surface area is 189 Å². The van der Waals surface area contributed by atoms with Gasteiger partial charge in [0.1, 0.15) is 11.3 Å². The summed E-state index contributed by atoms with van der Waals surface area (Å²) in [6.07, 6.45) is -0.962. The zero-order valence-electron chi connectivity index (χ0n) is 17.5. The van der Waals surface area contributed by atoms with E-state index in [-0.39, 0.29) is 6.54 Å². The molecule has 2 fully saturated rings. The summed E-state index contributed by atoms with van der Waals surface area (Å²) in [5.41, 5.74) is 0.210. The van der Waals surface area contributed by atoms with Gasteiger partial charge in [-0.2, -0.15) is 0 Å². The monoisotopic (exact) mass is 455 g/mol. The molecule has 8 nitrogen and oxygen atoms in total. The Balaban J connectivity index is 1.58. The number of carbonyl (C=O) groups is 3. The SMILES string of the molecule is COc1ccc(CN2C(=O)[C@H]3[C@@H]([C@H](C)O)N[C@]4(C(=O)Nc5c(Cl)cccc54)[C@@H]3C2=O)cc1. The second kappa shape index (κ2) is 7.30. The molecule has 0 unspecified atom stereocenters. The van der Waals surface area contributed by atoms with E-state index >= 15 is 0 Å². The molecule has 3 N–H and O–H groups in total. The summed E-state index contributed by atoms with van der Waals surface area (Å²) in [7, 11) is 1.56. The summed E-state index contributed by atoms with van der Waals surface area (Å²) >= 11 is 6.30. The second-order valence-electron chi connectivity index (χ2n) is 8.45. The summed E-state index contributed by atoms with van der Waals surface area (Å²) in [5, 5.41) is 16.7. The fourth-order valence-corrected chi connectivity index (χ4v) is 5.49. The van der Waals surface area contributed by atoms with E-state index in [0.29, 0.717) is 22.0 Å². The van der Waals surface area contributed by atoms with Crippen LogP contribution in [-0.2, 0) is 26.5 Å². The van der Waals surface area contributed by atoms with Gasteiger partial charge in [-0.3, -0.25) is 24.6 Å². The molecule has 5 atom stereocenters. The fourth-order valence-electron chi connectivity index (χ4n) is 5.27. The highest BCUT2D eigenvalue weighted by Crippen LogP contribution is 2.54. The van der Waals surface area contributed by atoms with Crippen molar-refractivity contribution in [1.29, 1.82) is 0 Å². The number of benzene rings is 2. The quantitative estimate of drug-likeness (QED) is 0.605. The smallest absolute Gasteiger partial charge is 0.250 e. The van der Waals surface area contributed by atoms with Crippen molar-refractivity contribution in [2.45, 2.75) is 31.2 Å². The molecule has 0 bridgehead atoms. The third kappa shape index (κ3) is 2.73. The molecule has 0 aliphatic carbocycles. The van der Waals surface area contributed by atoms with Gasteiger partial charge in [-0.05, 0) is 30.7 Å². The minimum absolute atomic E-state index is 0.0707. The highest BCUT2D eigenvalue weighted by atomic mass is 35.5. The Kier molecular flexibility index (Phi) is 4.77. The Morgan fingerprint density at radius 3 is 2.53 bits per heavy atom. The molecule has 2 aromatic rings. The zero-order chi connectivity index (χ0) is 22.8. The molecule has 3 aliphatic heterocycles. The van der Waals surface area contributed by atoms with Crippen LogP contribution in [0.2, 0.25) is 5.02 Å². The van der Waals surface area contributed by atoms with Crippen molar-refractivity contribution in [3.8, 4) is 5.75 Å². The maximum atomic E-state index is 13.6. The van der Waals surface area contributed by atoms with Crippen molar-refractivity contribution in [3.63, 3.8) is 0 Å². The number of likely N-dealkylation sites (tertiary alicyclic amines) is 1. The van der Waals surface area contributed by atoms with Crippen LogP contribution >= 0.6 is 11.6 Å². The first-order valence-electron chi connectivity index (χ1n) is 10.3. The van der Waals surface area contributed by atoms with Gasteiger partial charge in [0.25, 0.3) is 0 Å². The zero-order valence-corrected chi connectivity index (χ0v) is 18.2. The van der Waals surface area contributed by atoms with Gasteiger partial charge < -0.3 is 15.2 Å². The van der Waals surface area contributed by atoms with Gasteiger partial charge in [-0.1, -0.05) is 35.9 Å². The number of halogens is 1. The number of hydrogen-bond acceptors (Lipinski definition) is 6. The second-order valence-corrected chi connectivity index (χ2v) is 8.86. The number of imide groups is 1. The first-order chi connectivity index (χ1) is 15.3. The molecule has 32 heavy (non-hydrogen) atoms. The van der Waals surface area contributed by atoms with Gasteiger partial charge in [0.05, 0.1) is 42.3 Å². The minimum atomic E-state index is -1.48. The number of hydrogen-bond donors (Lipinski definition) is 3. The molecule has 0 saturated carbocycles. The van der Waals surface area contributed by atoms with E-state index < -0.39 is 47.2 Å². The van der Waals surface area contributed by atoms with Crippen molar-refractivity contribution >= 4 is 35.0 Å². The first-order valence-corrected chi connectivity index (χ1v) is 10.7. The van der Waals surface area contributed by atoms with Crippen molar-refractivity contribution in [2.24, 2.45) is 11.8 Å². The highest BCUT2D eigenvalue weighted by Gasteiger charge is 2.71. The maximum absolute atomic E-state index is 13.6. The molecule has 166 valence electrons. The van der Waals surface area contributed by atoms with Crippen LogP contribution in [0, 0.1) is 11.8 Å². The van der Waals surface area contributed by atoms with Gasteiger partial charge in [-0.25, -0.2) is 0 Å². The molecular formula is C23H22ClN3O5. The van der Waals surface area contributed by atoms with E-state index in [2.05, 4.69) is 10.6 Å². The molecule has 3 aliphatic rings. The van der Waals surface area contributed by atoms with Gasteiger partial charge in [0.2, 0.25) is 17.7 Å². The molecule has 0 radical (unpaired) electrons. The molecule has 3 heterocycles. The number of anilines is 1. The van der Waals surface area contributed by atoms with E-state index in [1.165, 1.54) is 4.90 Å². The number of nitrogens with zero attached hydrogens (tertiary/aromatic N) is 1. The number of amides is 3. The topological polar surface area (TPSA) is 108 Å². The first kappa shape index (κ1) is 20.9. The maximum Gasteiger partial charge on any atom is 0.250 e.